The number of amides is 1. The van der Waals surface area contributed by atoms with E-state index < -0.39 is 30.7 Å². The second-order valence-electron chi connectivity index (χ2n) is 7.49. The van der Waals surface area contributed by atoms with Crippen molar-refractivity contribution in [1.29, 1.82) is 0 Å². The van der Waals surface area contributed by atoms with Gasteiger partial charge in [0.15, 0.2) is 0 Å². The Bertz CT molecular complexity index is 1370. The minimum absolute atomic E-state index is 0.361. The molecule has 0 aliphatic rings. The van der Waals surface area contributed by atoms with E-state index >= 15 is 0 Å². The van der Waals surface area contributed by atoms with Crippen molar-refractivity contribution in [2.45, 2.75) is 19.6 Å². The van der Waals surface area contributed by atoms with Crippen molar-refractivity contribution in [1.82, 2.24) is 20.1 Å². The smallest absolute Gasteiger partial charge is 0.345 e. The molecule has 7 nitrogen and oxygen atoms in total. The normalized spacial score (nSPS) is 11.8. The van der Waals surface area contributed by atoms with Crippen molar-refractivity contribution < 1.29 is 18.0 Å². The first-order valence-corrected chi connectivity index (χ1v) is 9.78. The molecule has 0 bridgehead atoms. The molecule has 1 amide bonds. The van der Waals surface area contributed by atoms with Crippen LogP contribution in [0.3, 0.4) is 0 Å². The fraction of sp³-hybridized carbons (Fsp3) is 0.227. The van der Waals surface area contributed by atoms with Crippen LogP contribution in [-0.2, 0) is 11.3 Å². The highest BCUT2D eigenvalue weighted by Crippen LogP contribution is 2.31. The van der Waals surface area contributed by atoms with Crippen LogP contribution in [0.2, 0.25) is 0 Å². The van der Waals surface area contributed by atoms with Crippen LogP contribution < -0.4 is 15.8 Å². The number of alkyl halides is 3. The second kappa shape index (κ2) is 8.03. The maximum atomic E-state index is 13.2. The Labute approximate surface area is 180 Å². The van der Waals surface area contributed by atoms with Gasteiger partial charge < -0.3 is 14.8 Å². The molecule has 2 aromatic heterocycles. The van der Waals surface area contributed by atoms with E-state index in [9.17, 15) is 22.8 Å². The number of hydrogen-bond acceptors (Lipinski definition) is 4. The van der Waals surface area contributed by atoms with E-state index in [1.165, 1.54) is 6.20 Å². The monoisotopic (exact) mass is 443 g/mol. The fourth-order valence-corrected chi connectivity index (χ4v) is 3.61. The summed E-state index contributed by atoms with van der Waals surface area (Å²) in [5.41, 5.74) is 2.67. The number of fused-ring (bicyclic) bond motifs is 2. The molecule has 0 saturated carbocycles. The van der Waals surface area contributed by atoms with Gasteiger partial charge in [0.2, 0.25) is 5.91 Å². The van der Waals surface area contributed by atoms with Gasteiger partial charge >= 0.3 is 6.18 Å². The highest BCUT2D eigenvalue weighted by Gasteiger charge is 2.27. The third-order valence-corrected chi connectivity index (χ3v) is 5.26. The maximum absolute atomic E-state index is 13.2. The molecule has 4 aromatic rings. The highest BCUT2D eigenvalue weighted by molar-refractivity contribution is 5.96. The quantitative estimate of drug-likeness (QED) is 0.494. The lowest BCUT2D eigenvalue weighted by Crippen LogP contribution is -2.37. The number of H-pyrrole nitrogens is 1. The van der Waals surface area contributed by atoms with Gasteiger partial charge in [-0.1, -0.05) is 12.1 Å². The van der Waals surface area contributed by atoms with Gasteiger partial charge in [0, 0.05) is 30.0 Å². The number of rotatable bonds is 5. The zero-order valence-corrected chi connectivity index (χ0v) is 17.3. The predicted molar refractivity (Wildman–Crippen MR) is 116 cm³/mol. The summed E-state index contributed by atoms with van der Waals surface area (Å²) in [6.07, 6.45) is -3.12. The molecular formula is C22H20F3N5O2. The molecule has 0 aliphatic heterocycles. The number of carbonyl (C=O) groups excluding carboxylic acids is 1. The number of pyridine rings is 1. The van der Waals surface area contributed by atoms with Crippen molar-refractivity contribution in [2.24, 2.45) is 0 Å². The highest BCUT2D eigenvalue weighted by atomic mass is 19.4. The zero-order valence-electron chi connectivity index (χ0n) is 17.3. The Morgan fingerprint density at radius 2 is 2.00 bits per heavy atom. The molecule has 0 saturated heterocycles. The topological polar surface area (TPSA) is 83.0 Å². The van der Waals surface area contributed by atoms with Gasteiger partial charge in [0.1, 0.15) is 13.1 Å². The number of benzene rings is 2. The Kier molecular flexibility index (Phi) is 5.37. The summed E-state index contributed by atoms with van der Waals surface area (Å²) in [6, 6.07) is 12.8. The Balaban J connectivity index is 1.70. The van der Waals surface area contributed by atoms with E-state index in [-0.39, 0.29) is 0 Å². The van der Waals surface area contributed by atoms with Gasteiger partial charge in [0.05, 0.1) is 16.6 Å². The number of carbonyl (C=O) groups is 1. The number of nitrogens with zero attached hydrogens (tertiary/aromatic N) is 3. The van der Waals surface area contributed by atoms with Crippen molar-refractivity contribution in [3.05, 3.63) is 64.7 Å². The summed E-state index contributed by atoms with van der Waals surface area (Å²) in [5.74, 6) is -0.894. The van der Waals surface area contributed by atoms with Crippen LogP contribution in [0.15, 0.2) is 53.5 Å². The number of aromatic amines is 1. The summed E-state index contributed by atoms with van der Waals surface area (Å²) < 4.78 is 38.1. The number of aryl methyl sites for hydroxylation is 1. The standard InChI is InChI=1S/C22H20F3N5O2/c1-13-16-7-6-15(10-17(16)28-27-13)29(2)18-5-3-4-14-8-9-30(21(32)20(14)18)11-19(31)26-12-22(23,24)25/h3-10H,11-12H2,1-2H3,(H,26,31)(H,27,28). The summed E-state index contributed by atoms with van der Waals surface area (Å²) >= 11 is 0. The van der Waals surface area contributed by atoms with Crippen LogP contribution in [0, 0.1) is 6.92 Å². The summed E-state index contributed by atoms with van der Waals surface area (Å²) in [7, 11) is 1.81. The molecule has 4 rings (SSSR count). The molecule has 2 heterocycles. The second-order valence-corrected chi connectivity index (χ2v) is 7.49. The van der Waals surface area contributed by atoms with E-state index in [2.05, 4.69) is 10.2 Å². The van der Waals surface area contributed by atoms with Crippen LogP contribution in [-0.4, -0.2) is 40.4 Å². The zero-order chi connectivity index (χ0) is 23.0. The van der Waals surface area contributed by atoms with Gasteiger partial charge in [-0.25, -0.2) is 0 Å². The number of hydrogen-bond donors (Lipinski definition) is 2. The summed E-state index contributed by atoms with van der Waals surface area (Å²) in [5, 5.41) is 11.0. The first kappa shape index (κ1) is 21.4. The first-order valence-electron chi connectivity index (χ1n) is 9.78. The minimum Gasteiger partial charge on any atom is -0.345 e. The molecule has 0 radical (unpaired) electrons. The van der Waals surface area contributed by atoms with Gasteiger partial charge in [-0.15, -0.1) is 0 Å². The molecule has 0 spiro atoms. The first-order chi connectivity index (χ1) is 15.1. The summed E-state index contributed by atoms with van der Waals surface area (Å²) in [4.78, 5) is 26.9. The van der Waals surface area contributed by atoms with Crippen molar-refractivity contribution >= 4 is 39.0 Å². The lowest BCUT2D eigenvalue weighted by Gasteiger charge is -2.21. The molecule has 0 unspecified atom stereocenters. The van der Waals surface area contributed by atoms with Crippen LogP contribution >= 0.6 is 0 Å². The van der Waals surface area contributed by atoms with E-state index in [1.54, 1.807) is 23.5 Å². The van der Waals surface area contributed by atoms with Crippen LogP contribution in [0.25, 0.3) is 21.7 Å². The SMILES string of the molecule is Cc1[nH]nc2cc(N(C)c3cccc4ccn(CC(=O)NCC(F)(F)F)c(=O)c34)ccc12. The van der Waals surface area contributed by atoms with Crippen molar-refractivity contribution in [3.8, 4) is 0 Å². The van der Waals surface area contributed by atoms with Crippen molar-refractivity contribution in [3.63, 3.8) is 0 Å². The molecular weight excluding hydrogens is 423 g/mol. The van der Waals surface area contributed by atoms with Gasteiger partial charge in [0.25, 0.3) is 5.56 Å². The predicted octanol–water partition coefficient (Wildman–Crippen LogP) is 3.63. The van der Waals surface area contributed by atoms with E-state index in [4.69, 9.17) is 0 Å². The Morgan fingerprint density at radius 1 is 1.22 bits per heavy atom. The van der Waals surface area contributed by atoms with E-state index in [0.717, 1.165) is 26.9 Å². The number of anilines is 2. The Hall–Kier alpha value is -3.82. The van der Waals surface area contributed by atoms with Gasteiger partial charge in [-0.3, -0.25) is 14.7 Å². The lowest BCUT2D eigenvalue weighted by molar-refractivity contribution is -0.138. The molecule has 0 aliphatic carbocycles. The minimum atomic E-state index is -4.52. The molecule has 2 N–H and O–H groups in total. The van der Waals surface area contributed by atoms with Gasteiger partial charge in [-0.05, 0) is 42.6 Å². The molecule has 32 heavy (non-hydrogen) atoms. The Morgan fingerprint density at radius 3 is 2.75 bits per heavy atom. The van der Waals surface area contributed by atoms with E-state index in [1.807, 2.05) is 43.1 Å². The van der Waals surface area contributed by atoms with Crippen LogP contribution in [0.4, 0.5) is 24.5 Å². The number of nitrogens with one attached hydrogen (secondary N) is 2. The fourth-order valence-electron chi connectivity index (χ4n) is 3.61. The number of halogens is 3. The third kappa shape index (κ3) is 4.16. The molecule has 2 aromatic carbocycles. The van der Waals surface area contributed by atoms with Gasteiger partial charge in [-0.2, -0.15) is 18.3 Å². The number of aromatic nitrogens is 3. The van der Waals surface area contributed by atoms with Crippen molar-refractivity contribution in [2.75, 3.05) is 18.5 Å². The third-order valence-electron chi connectivity index (χ3n) is 5.26. The maximum Gasteiger partial charge on any atom is 0.405 e. The lowest BCUT2D eigenvalue weighted by atomic mass is 10.1. The molecule has 0 atom stereocenters. The largest absolute Gasteiger partial charge is 0.405 e. The molecule has 10 heteroatoms. The van der Waals surface area contributed by atoms with Crippen LogP contribution in [0.5, 0.6) is 0 Å². The average Bonchev–Trinajstić information content (AvgIpc) is 3.13. The summed E-state index contributed by atoms with van der Waals surface area (Å²) in [6.45, 7) is -0.0323. The average molecular weight is 443 g/mol. The van der Waals surface area contributed by atoms with Crippen LogP contribution in [0.1, 0.15) is 5.69 Å². The molecule has 166 valence electrons. The molecule has 0 fully saturated rings. The van der Waals surface area contributed by atoms with E-state index in [0.29, 0.717) is 16.5 Å².